The molecular weight excluding hydrogens is 300 g/mol. The molecule has 0 fully saturated rings. The smallest absolute Gasteiger partial charge is 0.255 e. The summed E-state index contributed by atoms with van der Waals surface area (Å²) in [7, 11) is -3.70. The SMILES string of the molecule is Cc1[nH]ncc1C(=O)NC(C)c1ccc(S(N)(=O)=O)s1. The van der Waals surface area contributed by atoms with Gasteiger partial charge in [-0.25, -0.2) is 13.6 Å². The molecule has 0 aromatic carbocycles. The average molecular weight is 314 g/mol. The van der Waals surface area contributed by atoms with Gasteiger partial charge in [0, 0.05) is 10.6 Å². The first kappa shape index (κ1) is 14.7. The quantitative estimate of drug-likeness (QED) is 0.777. The Kier molecular flexibility index (Phi) is 3.93. The zero-order chi connectivity index (χ0) is 14.9. The zero-order valence-corrected chi connectivity index (χ0v) is 12.5. The van der Waals surface area contributed by atoms with E-state index in [0.29, 0.717) is 16.1 Å². The predicted octanol–water partition coefficient (Wildman–Crippen LogP) is 0.918. The van der Waals surface area contributed by atoms with E-state index in [9.17, 15) is 13.2 Å². The zero-order valence-electron chi connectivity index (χ0n) is 10.9. The number of rotatable bonds is 4. The Morgan fingerprint density at radius 1 is 1.50 bits per heavy atom. The number of aryl methyl sites for hydroxylation is 1. The van der Waals surface area contributed by atoms with Crippen molar-refractivity contribution in [2.24, 2.45) is 5.14 Å². The highest BCUT2D eigenvalue weighted by Crippen LogP contribution is 2.26. The average Bonchev–Trinajstić information content (AvgIpc) is 2.95. The van der Waals surface area contributed by atoms with Crippen LogP contribution < -0.4 is 10.5 Å². The molecule has 0 saturated heterocycles. The van der Waals surface area contributed by atoms with Crippen LogP contribution in [0.3, 0.4) is 0 Å². The summed E-state index contributed by atoms with van der Waals surface area (Å²) in [6.45, 7) is 3.52. The molecule has 2 aromatic heterocycles. The van der Waals surface area contributed by atoms with E-state index in [1.165, 1.54) is 12.3 Å². The predicted molar refractivity (Wildman–Crippen MR) is 74.9 cm³/mol. The van der Waals surface area contributed by atoms with Crippen LogP contribution in [-0.4, -0.2) is 24.5 Å². The van der Waals surface area contributed by atoms with Crippen LogP contribution in [0.1, 0.15) is 33.9 Å². The van der Waals surface area contributed by atoms with Crippen molar-refractivity contribution in [1.82, 2.24) is 15.5 Å². The van der Waals surface area contributed by atoms with Crippen LogP contribution >= 0.6 is 11.3 Å². The second-order valence-electron chi connectivity index (χ2n) is 4.31. The maximum Gasteiger partial charge on any atom is 0.255 e. The molecule has 9 heteroatoms. The van der Waals surface area contributed by atoms with Crippen LogP contribution in [0.25, 0.3) is 0 Å². The highest BCUT2D eigenvalue weighted by molar-refractivity contribution is 7.91. The maximum atomic E-state index is 12.0. The Bertz CT molecular complexity index is 732. The molecule has 7 nitrogen and oxygen atoms in total. The Hall–Kier alpha value is -1.71. The van der Waals surface area contributed by atoms with Crippen molar-refractivity contribution in [2.45, 2.75) is 24.1 Å². The molecule has 2 rings (SSSR count). The second kappa shape index (κ2) is 5.35. The molecule has 108 valence electrons. The first-order valence-corrected chi connectivity index (χ1v) is 8.08. The molecule has 0 saturated carbocycles. The highest BCUT2D eigenvalue weighted by atomic mass is 32.2. The highest BCUT2D eigenvalue weighted by Gasteiger charge is 2.18. The minimum atomic E-state index is -3.70. The summed E-state index contributed by atoms with van der Waals surface area (Å²) < 4.78 is 22.5. The Morgan fingerprint density at radius 3 is 2.70 bits per heavy atom. The summed E-state index contributed by atoms with van der Waals surface area (Å²) in [6, 6.07) is 2.75. The third-order valence-electron chi connectivity index (χ3n) is 2.73. The number of sulfonamides is 1. The Morgan fingerprint density at radius 2 is 2.20 bits per heavy atom. The van der Waals surface area contributed by atoms with E-state index in [4.69, 9.17) is 5.14 Å². The van der Waals surface area contributed by atoms with E-state index in [0.717, 1.165) is 11.3 Å². The molecule has 0 aliphatic rings. The van der Waals surface area contributed by atoms with Gasteiger partial charge < -0.3 is 5.32 Å². The maximum absolute atomic E-state index is 12.0. The van der Waals surface area contributed by atoms with Crippen molar-refractivity contribution in [2.75, 3.05) is 0 Å². The standard InChI is InChI=1S/C11H14N4O3S2/c1-6-8(5-13-15-6)11(16)14-7(2)9-3-4-10(19-9)20(12,17)18/h3-5,7H,1-2H3,(H,13,15)(H,14,16)(H2,12,17,18). The topological polar surface area (TPSA) is 118 Å². The van der Waals surface area contributed by atoms with Crippen molar-refractivity contribution in [1.29, 1.82) is 0 Å². The van der Waals surface area contributed by atoms with E-state index < -0.39 is 10.0 Å². The van der Waals surface area contributed by atoms with Crippen LogP contribution in [-0.2, 0) is 10.0 Å². The fraction of sp³-hybridized carbons (Fsp3) is 0.273. The van der Waals surface area contributed by atoms with Crippen molar-refractivity contribution < 1.29 is 13.2 Å². The second-order valence-corrected chi connectivity index (χ2v) is 7.21. The van der Waals surface area contributed by atoms with Gasteiger partial charge >= 0.3 is 0 Å². The Labute approximate surface area is 120 Å². The number of amides is 1. The summed E-state index contributed by atoms with van der Waals surface area (Å²) in [5.74, 6) is -0.269. The number of H-pyrrole nitrogens is 1. The van der Waals surface area contributed by atoms with Gasteiger partial charge in [-0.15, -0.1) is 11.3 Å². The molecule has 2 heterocycles. The molecule has 2 aromatic rings. The summed E-state index contributed by atoms with van der Waals surface area (Å²) in [5, 5.41) is 14.3. The van der Waals surface area contributed by atoms with Crippen LogP contribution in [0.15, 0.2) is 22.5 Å². The summed E-state index contributed by atoms with van der Waals surface area (Å²) in [4.78, 5) is 12.7. The fourth-order valence-corrected chi connectivity index (χ4v) is 3.40. The van der Waals surface area contributed by atoms with E-state index in [1.807, 2.05) is 0 Å². The molecule has 1 atom stereocenters. The molecule has 0 spiro atoms. The van der Waals surface area contributed by atoms with Crippen LogP contribution in [0.5, 0.6) is 0 Å². The van der Waals surface area contributed by atoms with Crippen LogP contribution in [0.2, 0.25) is 0 Å². The number of carbonyl (C=O) groups excluding carboxylic acids is 1. The lowest BCUT2D eigenvalue weighted by atomic mass is 10.2. The largest absolute Gasteiger partial charge is 0.345 e. The monoisotopic (exact) mass is 314 g/mol. The molecule has 0 bridgehead atoms. The molecule has 0 aliphatic carbocycles. The number of aromatic nitrogens is 2. The lowest BCUT2D eigenvalue weighted by molar-refractivity contribution is 0.0940. The van der Waals surface area contributed by atoms with E-state index in [-0.39, 0.29) is 16.2 Å². The molecule has 4 N–H and O–H groups in total. The van der Waals surface area contributed by atoms with Gasteiger partial charge in [-0.2, -0.15) is 5.10 Å². The van der Waals surface area contributed by atoms with Crippen molar-refractivity contribution in [3.05, 3.63) is 34.5 Å². The third kappa shape index (κ3) is 3.06. The van der Waals surface area contributed by atoms with Crippen molar-refractivity contribution >= 4 is 27.3 Å². The third-order valence-corrected chi connectivity index (χ3v) is 5.44. The summed E-state index contributed by atoms with van der Waals surface area (Å²) >= 11 is 1.04. The minimum Gasteiger partial charge on any atom is -0.345 e. The number of aromatic amines is 1. The van der Waals surface area contributed by atoms with Gasteiger partial charge in [0.25, 0.3) is 5.91 Å². The first-order chi connectivity index (χ1) is 9.29. The summed E-state index contributed by atoms with van der Waals surface area (Å²) in [6.07, 6.45) is 1.45. The molecule has 0 radical (unpaired) electrons. The van der Waals surface area contributed by atoms with Gasteiger partial charge in [0.2, 0.25) is 10.0 Å². The summed E-state index contributed by atoms with van der Waals surface area (Å²) in [5.41, 5.74) is 1.13. The van der Waals surface area contributed by atoms with Gasteiger partial charge in [0.05, 0.1) is 17.8 Å². The molecule has 1 unspecified atom stereocenters. The number of carbonyl (C=O) groups is 1. The van der Waals surface area contributed by atoms with Gasteiger partial charge in [-0.3, -0.25) is 9.89 Å². The number of primary sulfonamides is 1. The number of nitrogens with zero attached hydrogens (tertiary/aromatic N) is 1. The number of hydrogen-bond donors (Lipinski definition) is 3. The number of nitrogens with two attached hydrogens (primary N) is 1. The number of thiophene rings is 1. The molecule has 0 aliphatic heterocycles. The van der Waals surface area contributed by atoms with Gasteiger partial charge in [0.1, 0.15) is 4.21 Å². The van der Waals surface area contributed by atoms with E-state index >= 15 is 0 Å². The normalized spacial score (nSPS) is 13.2. The van der Waals surface area contributed by atoms with Gasteiger partial charge in [0.15, 0.2) is 0 Å². The van der Waals surface area contributed by atoms with E-state index in [1.54, 1.807) is 19.9 Å². The van der Waals surface area contributed by atoms with Gasteiger partial charge in [-0.1, -0.05) is 0 Å². The molecular formula is C11H14N4O3S2. The first-order valence-electron chi connectivity index (χ1n) is 5.72. The lowest BCUT2D eigenvalue weighted by Gasteiger charge is -2.11. The fourth-order valence-electron chi connectivity index (χ4n) is 1.65. The van der Waals surface area contributed by atoms with E-state index in [2.05, 4.69) is 15.5 Å². The minimum absolute atomic E-state index is 0.0769. The van der Waals surface area contributed by atoms with Crippen molar-refractivity contribution in [3.63, 3.8) is 0 Å². The molecule has 1 amide bonds. The Balaban J connectivity index is 2.13. The van der Waals surface area contributed by atoms with Crippen LogP contribution in [0, 0.1) is 6.92 Å². The number of hydrogen-bond acceptors (Lipinski definition) is 5. The van der Waals surface area contributed by atoms with Crippen LogP contribution in [0.4, 0.5) is 0 Å². The molecule has 20 heavy (non-hydrogen) atoms. The number of nitrogens with one attached hydrogen (secondary N) is 2. The lowest BCUT2D eigenvalue weighted by Crippen LogP contribution is -2.26. The van der Waals surface area contributed by atoms with Crippen molar-refractivity contribution in [3.8, 4) is 0 Å². The van der Waals surface area contributed by atoms with Gasteiger partial charge in [-0.05, 0) is 26.0 Å².